The van der Waals surface area contributed by atoms with Crippen molar-refractivity contribution in [2.24, 2.45) is 0 Å². The minimum Gasteiger partial charge on any atom is -0.418 e. The van der Waals surface area contributed by atoms with Crippen molar-refractivity contribution in [3.8, 4) is 17.2 Å². The van der Waals surface area contributed by atoms with E-state index in [0.29, 0.717) is 17.1 Å². The van der Waals surface area contributed by atoms with Crippen LogP contribution < -0.4 is 10.1 Å². The van der Waals surface area contributed by atoms with E-state index in [1.54, 1.807) is 12.1 Å². The predicted molar refractivity (Wildman–Crippen MR) is 105 cm³/mol. The lowest BCUT2D eigenvalue weighted by molar-refractivity contribution is -0.274. The molecule has 0 unspecified atom stereocenters. The fourth-order valence-electron chi connectivity index (χ4n) is 2.91. The lowest BCUT2D eigenvalue weighted by Gasteiger charge is -2.17. The molecule has 0 fully saturated rings. The van der Waals surface area contributed by atoms with Crippen molar-refractivity contribution in [2.45, 2.75) is 12.4 Å². The number of aromatic nitrogens is 2. The Morgan fingerprint density at radius 3 is 2.16 bits per heavy atom. The number of nitrogens with zero attached hydrogens (tertiary/aromatic N) is 2. The Balaban J connectivity index is 1.63. The van der Waals surface area contributed by atoms with Crippen LogP contribution in [0.2, 0.25) is 0 Å². The van der Waals surface area contributed by atoms with Gasteiger partial charge in [-0.25, -0.2) is 4.39 Å². The van der Waals surface area contributed by atoms with Crippen molar-refractivity contribution < 1.29 is 26.7 Å². The number of halogens is 4. The van der Waals surface area contributed by atoms with Crippen LogP contribution in [0.5, 0.6) is 5.75 Å². The minimum absolute atomic E-state index is 0.209. The van der Waals surface area contributed by atoms with Crippen molar-refractivity contribution >= 4 is 5.69 Å². The molecule has 0 saturated carbocycles. The van der Waals surface area contributed by atoms with Gasteiger partial charge in [-0.2, -0.15) is 0 Å². The molecule has 0 aliphatic rings. The average molecular weight is 429 g/mol. The molecule has 0 spiro atoms. The molecular formula is C22H15F4N3O2. The molecule has 31 heavy (non-hydrogen) atoms. The number of alkyl halides is 3. The van der Waals surface area contributed by atoms with Gasteiger partial charge >= 0.3 is 6.36 Å². The molecule has 0 radical (unpaired) electrons. The topological polar surface area (TPSA) is 60.2 Å². The summed E-state index contributed by atoms with van der Waals surface area (Å²) >= 11 is 0. The van der Waals surface area contributed by atoms with Gasteiger partial charge in [-0.3, -0.25) is 0 Å². The predicted octanol–water partition coefficient (Wildman–Crippen LogP) is 5.98. The van der Waals surface area contributed by atoms with Gasteiger partial charge in [0.05, 0.1) is 0 Å². The Kier molecular flexibility index (Phi) is 5.57. The molecular weight excluding hydrogens is 414 g/mol. The Morgan fingerprint density at radius 2 is 1.52 bits per heavy atom. The summed E-state index contributed by atoms with van der Waals surface area (Å²) in [4.78, 5) is 0. The molecule has 0 bridgehead atoms. The van der Waals surface area contributed by atoms with Crippen LogP contribution in [0.25, 0.3) is 11.5 Å². The normalized spacial score (nSPS) is 12.4. The summed E-state index contributed by atoms with van der Waals surface area (Å²) in [5.74, 6) is -0.244. The van der Waals surface area contributed by atoms with Gasteiger partial charge < -0.3 is 14.5 Å². The van der Waals surface area contributed by atoms with Gasteiger partial charge in [0.1, 0.15) is 17.6 Å². The van der Waals surface area contributed by atoms with E-state index in [2.05, 4.69) is 20.3 Å². The number of anilines is 1. The molecule has 0 saturated heterocycles. The zero-order valence-electron chi connectivity index (χ0n) is 15.8. The van der Waals surface area contributed by atoms with Crippen LogP contribution in [0.3, 0.4) is 0 Å². The fourth-order valence-corrected chi connectivity index (χ4v) is 2.91. The lowest BCUT2D eigenvalue weighted by atomic mass is 10.1. The van der Waals surface area contributed by atoms with Gasteiger partial charge in [0.25, 0.3) is 0 Å². The van der Waals surface area contributed by atoms with Crippen LogP contribution in [0.4, 0.5) is 23.2 Å². The summed E-state index contributed by atoms with van der Waals surface area (Å²) in [5, 5.41) is 11.3. The van der Waals surface area contributed by atoms with Gasteiger partial charge in [0, 0.05) is 11.3 Å². The van der Waals surface area contributed by atoms with Crippen LogP contribution in [-0.4, -0.2) is 16.6 Å². The van der Waals surface area contributed by atoms with Crippen LogP contribution in [-0.2, 0) is 0 Å². The number of rotatable bonds is 6. The van der Waals surface area contributed by atoms with E-state index >= 15 is 0 Å². The van der Waals surface area contributed by atoms with E-state index < -0.39 is 18.2 Å². The Labute approximate surface area is 174 Å². The van der Waals surface area contributed by atoms with Crippen LogP contribution in [0.15, 0.2) is 83.3 Å². The molecule has 1 heterocycles. The zero-order chi connectivity index (χ0) is 21.8. The first-order valence-electron chi connectivity index (χ1n) is 9.14. The summed E-state index contributed by atoms with van der Waals surface area (Å²) < 4.78 is 60.2. The van der Waals surface area contributed by atoms with E-state index in [1.165, 1.54) is 36.4 Å². The molecule has 9 heteroatoms. The quantitative estimate of drug-likeness (QED) is 0.383. The second-order valence-corrected chi connectivity index (χ2v) is 6.51. The number of benzene rings is 3. The minimum atomic E-state index is -4.77. The first-order chi connectivity index (χ1) is 14.9. The summed E-state index contributed by atoms with van der Waals surface area (Å²) in [6.07, 6.45) is -4.77. The molecule has 4 aromatic rings. The summed E-state index contributed by atoms with van der Waals surface area (Å²) in [5.41, 5.74) is 1.83. The van der Waals surface area contributed by atoms with Crippen molar-refractivity contribution in [3.05, 3.63) is 96.1 Å². The number of ether oxygens (including phenoxy) is 1. The smallest absolute Gasteiger partial charge is 0.418 e. The Morgan fingerprint density at radius 1 is 0.839 bits per heavy atom. The summed E-state index contributed by atoms with van der Waals surface area (Å²) in [6, 6.07) is 19.4. The molecule has 0 aliphatic carbocycles. The first-order valence-corrected chi connectivity index (χ1v) is 9.14. The van der Waals surface area contributed by atoms with Crippen LogP contribution in [0.1, 0.15) is 17.5 Å². The van der Waals surface area contributed by atoms with Gasteiger partial charge in [0.2, 0.25) is 11.8 Å². The van der Waals surface area contributed by atoms with E-state index in [1.807, 2.05) is 30.3 Å². The standard InChI is InChI=1S/C22H15F4N3O2/c23-16-8-6-14(7-9-16)19(21-29-28-20(30-21)15-4-2-1-3-5-15)27-17-10-12-18(13-11-17)31-22(24,25)26/h1-13,19,27H/t19-/m0/s1. The maximum atomic E-state index is 13.4. The van der Waals surface area contributed by atoms with Gasteiger partial charge in [-0.1, -0.05) is 30.3 Å². The van der Waals surface area contributed by atoms with E-state index in [0.717, 1.165) is 5.56 Å². The van der Waals surface area contributed by atoms with Crippen molar-refractivity contribution in [3.63, 3.8) is 0 Å². The van der Waals surface area contributed by atoms with Crippen LogP contribution in [0, 0.1) is 5.82 Å². The third-order valence-electron chi connectivity index (χ3n) is 4.31. The Bertz CT molecular complexity index is 1130. The van der Waals surface area contributed by atoms with Crippen molar-refractivity contribution in [2.75, 3.05) is 5.32 Å². The second kappa shape index (κ2) is 8.47. The van der Waals surface area contributed by atoms with Gasteiger partial charge in [-0.15, -0.1) is 23.4 Å². The average Bonchev–Trinajstić information content (AvgIpc) is 3.24. The molecule has 158 valence electrons. The third kappa shape index (κ3) is 5.19. The van der Waals surface area contributed by atoms with E-state index in [9.17, 15) is 17.6 Å². The van der Waals surface area contributed by atoms with Gasteiger partial charge in [0.15, 0.2) is 0 Å². The molecule has 0 amide bonds. The number of hydrogen-bond acceptors (Lipinski definition) is 5. The number of nitrogens with one attached hydrogen (secondary N) is 1. The maximum Gasteiger partial charge on any atom is 0.573 e. The molecule has 1 atom stereocenters. The molecule has 5 nitrogen and oxygen atoms in total. The fraction of sp³-hybridized carbons (Fsp3) is 0.0909. The zero-order valence-corrected chi connectivity index (χ0v) is 15.8. The van der Waals surface area contributed by atoms with E-state index in [-0.39, 0.29) is 11.6 Å². The summed E-state index contributed by atoms with van der Waals surface area (Å²) in [7, 11) is 0. The SMILES string of the molecule is Fc1ccc([C@H](Nc2ccc(OC(F)(F)F)cc2)c2nnc(-c3ccccc3)o2)cc1. The highest BCUT2D eigenvalue weighted by Crippen LogP contribution is 2.30. The highest BCUT2D eigenvalue weighted by molar-refractivity contribution is 5.53. The largest absolute Gasteiger partial charge is 0.573 e. The molecule has 3 aromatic carbocycles. The molecule has 4 rings (SSSR count). The van der Waals surface area contributed by atoms with Gasteiger partial charge in [-0.05, 0) is 54.1 Å². The first kappa shape index (κ1) is 20.4. The highest BCUT2D eigenvalue weighted by Gasteiger charge is 2.31. The highest BCUT2D eigenvalue weighted by atomic mass is 19.4. The molecule has 0 aliphatic heterocycles. The maximum absolute atomic E-state index is 13.4. The van der Waals surface area contributed by atoms with E-state index in [4.69, 9.17) is 4.42 Å². The second-order valence-electron chi connectivity index (χ2n) is 6.51. The molecule has 1 aromatic heterocycles. The van der Waals surface area contributed by atoms with Crippen LogP contribution >= 0.6 is 0 Å². The third-order valence-corrected chi connectivity index (χ3v) is 4.31. The monoisotopic (exact) mass is 429 g/mol. The Hall–Kier alpha value is -3.88. The van der Waals surface area contributed by atoms with Crippen molar-refractivity contribution in [1.29, 1.82) is 0 Å². The molecule has 1 N–H and O–H groups in total. The number of hydrogen-bond donors (Lipinski definition) is 1. The van der Waals surface area contributed by atoms with Crippen molar-refractivity contribution in [1.82, 2.24) is 10.2 Å². The summed E-state index contributed by atoms with van der Waals surface area (Å²) in [6.45, 7) is 0. The lowest BCUT2D eigenvalue weighted by Crippen LogP contribution is -2.17.